The lowest BCUT2D eigenvalue weighted by molar-refractivity contribution is -0.137. The van der Waals surface area contributed by atoms with Crippen LogP contribution >= 0.6 is 24.0 Å². The highest BCUT2D eigenvalue weighted by Gasteiger charge is 2.33. The highest BCUT2D eigenvalue weighted by molar-refractivity contribution is 8.00. The van der Waals surface area contributed by atoms with Crippen LogP contribution in [0.3, 0.4) is 0 Å². The minimum Gasteiger partial charge on any atom is -0.332 e. The Morgan fingerprint density at radius 2 is 1.48 bits per heavy atom. The summed E-state index contributed by atoms with van der Waals surface area (Å²) in [7, 11) is 0. The Labute approximate surface area is 187 Å². The van der Waals surface area contributed by atoms with Crippen molar-refractivity contribution in [3.8, 4) is 0 Å². The van der Waals surface area contributed by atoms with Crippen LogP contribution in [0.1, 0.15) is 5.56 Å². The van der Waals surface area contributed by atoms with Crippen LogP contribution in [0.25, 0.3) is 0 Å². The van der Waals surface area contributed by atoms with E-state index in [1.54, 1.807) is 18.2 Å². The van der Waals surface area contributed by atoms with Gasteiger partial charge in [0.2, 0.25) is 5.91 Å². The molecule has 0 unspecified atom stereocenters. The Morgan fingerprint density at radius 3 is 2.23 bits per heavy atom. The van der Waals surface area contributed by atoms with Crippen molar-refractivity contribution in [1.82, 2.24) is 0 Å². The first-order chi connectivity index (χ1) is 14.8. The van der Waals surface area contributed by atoms with Gasteiger partial charge in [0.1, 0.15) is 0 Å². The number of thiocarbonyl (C=S) groups is 1. The van der Waals surface area contributed by atoms with E-state index in [1.807, 2.05) is 36.4 Å². The molecular formula is C22H18F3N3OS2. The van der Waals surface area contributed by atoms with Gasteiger partial charge in [0.25, 0.3) is 0 Å². The second-order valence-corrected chi connectivity index (χ2v) is 7.81. The number of carbonyl (C=O) groups excluding carboxylic acids is 1. The summed E-state index contributed by atoms with van der Waals surface area (Å²) < 4.78 is 39.2. The zero-order chi connectivity index (χ0) is 22.3. The van der Waals surface area contributed by atoms with E-state index in [0.29, 0.717) is 5.11 Å². The van der Waals surface area contributed by atoms with E-state index in [0.717, 1.165) is 22.3 Å². The number of benzene rings is 3. The quantitative estimate of drug-likeness (QED) is 0.299. The third-order valence-corrected chi connectivity index (χ3v) is 5.20. The topological polar surface area (TPSA) is 53.2 Å². The predicted octanol–water partition coefficient (Wildman–Crippen LogP) is 6.25. The molecule has 0 heterocycles. The number of anilines is 3. The van der Waals surface area contributed by atoms with Crippen molar-refractivity contribution in [2.75, 3.05) is 21.7 Å². The van der Waals surface area contributed by atoms with E-state index in [4.69, 9.17) is 12.2 Å². The molecule has 0 aliphatic rings. The normalized spacial score (nSPS) is 10.9. The maximum atomic E-state index is 13.1. The van der Waals surface area contributed by atoms with Crippen molar-refractivity contribution in [3.63, 3.8) is 0 Å². The minimum absolute atomic E-state index is 0.0393. The maximum Gasteiger partial charge on any atom is 0.418 e. The maximum absolute atomic E-state index is 13.1. The van der Waals surface area contributed by atoms with Crippen molar-refractivity contribution >= 4 is 52.1 Å². The van der Waals surface area contributed by atoms with Gasteiger partial charge in [0.05, 0.1) is 17.0 Å². The van der Waals surface area contributed by atoms with E-state index >= 15 is 0 Å². The van der Waals surface area contributed by atoms with Gasteiger partial charge >= 0.3 is 6.18 Å². The molecule has 0 aliphatic heterocycles. The molecular weight excluding hydrogens is 443 g/mol. The van der Waals surface area contributed by atoms with Gasteiger partial charge in [-0.15, -0.1) is 11.8 Å². The van der Waals surface area contributed by atoms with E-state index in [1.165, 1.54) is 30.0 Å². The molecule has 0 atom stereocenters. The Hall–Kier alpha value is -3.04. The van der Waals surface area contributed by atoms with Crippen LogP contribution in [0.2, 0.25) is 0 Å². The molecule has 3 rings (SSSR count). The van der Waals surface area contributed by atoms with Gasteiger partial charge < -0.3 is 16.0 Å². The zero-order valence-corrected chi connectivity index (χ0v) is 17.7. The Kier molecular flexibility index (Phi) is 7.54. The van der Waals surface area contributed by atoms with Crippen LogP contribution < -0.4 is 16.0 Å². The SMILES string of the molecule is O=C(CSc1cccc(NC(=S)Nc2ccccc2)c1)Nc1ccccc1C(F)(F)F. The number of hydrogen-bond donors (Lipinski definition) is 3. The third kappa shape index (κ3) is 7.01. The summed E-state index contributed by atoms with van der Waals surface area (Å²) in [5.41, 5.74) is 0.440. The molecule has 31 heavy (non-hydrogen) atoms. The summed E-state index contributed by atoms with van der Waals surface area (Å²) in [6.45, 7) is 0. The minimum atomic E-state index is -4.54. The molecule has 3 N–H and O–H groups in total. The standard InChI is InChI=1S/C22H18F3N3OS2/c23-22(24,25)18-11-4-5-12-19(18)28-20(29)14-31-17-10-6-9-16(13-17)27-21(30)26-15-7-2-1-3-8-15/h1-13H,14H2,(H,28,29)(H2,26,27,30). The number of nitrogens with one attached hydrogen (secondary N) is 3. The molecule has 0 saturated heterocycles. The zero-order valence-electron chi connectivity index (χ0n) is 16.1. The van der Waals surface area contributed by atoms with Gasteiger partial charge in [-0.25, -0.2) is 0 Å². The molecule has 0 radical (unpaired) electrons. The van der Waals surface area contributed by atoms with Crippen LogP contribution in [0.5, 0.6) is 0 Å². The van der Waals surface area contributed by atoms with Crippen LogP contribution in [0, 0.1) is 0 Å². The second-order valence-electron chi connectivity index (χ2n) is 6.35. The van der Waals surface area contributed by atoms with Crippen LogP contribution in [0.4, 0.5) is 30.2 Å². The first-order valence-corrected chi connectivity index (χ1v) is 10.5. The predicted molar refractivity (Wildman–Crippen MR) is 124 cm³/mol. The Bertz CT molecular complexity index is 1060. The van der Waals surface area contributed by atoms with Crippen molar-refractivity contribution in [3.05, 3.63) is 84.4 Å². The molecule has 0 aliphatic carbocycles. The number of halogens is 3. The summed E-state index contributed by atoms with van der Waals surface area (Å²) in [5, 5.41) is 8.87. The molecule has 0 bridgehead atoms. The van der Waals surface area contributed by atoms with Crippen molar-refractivity contribution in [1.29, 1.82) is 0 Å². The smallest absolute Gasteiger partial charge is 0.332 e. The van der Waals surface area contributed by atoms with Crippen molar-refractivity contribution in [2.24, 2.45) is 0 Å². The number of para-hydroxylation sites is 2. The number of alkyl halides is 3. The van der Waals surface area contributed by atoms with Crippen LogP contribution in [0.15, 0.2) is 83.8 Å². The van der Waals surface area contributed by atoms with Crippen LogP contribution in [-0.2, 0) is 11.0 Å². The van der Waals surface area contributed by atoms with Crippen LogP contribution in [-0.4, -0.2) is 16.8 Å². The van der Waals surface area contributed by atoms with E-state index in [2.05, 4.69) is 16.0 Å². The molecule has 3 aromatic carbocycles. The molecule has 0 spiro atoms. The molecule has 3 aromatic rings. The molecule has 0 fully saturated rings. The molecule has 9 heteroatoms. The molecule has 0 aromatic heterocycles. The second kappa shape index (κ2) is 10.3. The first kappa shape index (κ1) is 22.6. The Balaban J connectivity index is 1.55. The lowest BCUT2D eigenvalue weighted by Crippen LogP contribution is -2.19. The highest BCUT2D eigenvalue weighted by atomic mass is 32.2. The van der Waals surface area contributed by atoms with Gasteiger partial charge in [-0.1, -0.05) is 36.4 Å². The van der Waals surface area contributed by atoms with E-state index in [9.17, 15) is 18.0 Å². The molecule has 160 valence electrons. The summed E-state index contributed by atoms with van der Waals surface area (Å²) in [6.07, 6.45) is -4.54. The van der Waals surface area contributed by atoms with Gasteiger partial charge in [0.15, 0.2) is 5.11 Å². The molecule has 4 nitrogen and oxygen atoms in total. The highest BCUT2D eigenvalue weighted by Crippen LogP contribution is 2.34. The number of rotatable bonds is 6. The molecule has 1 amide bonds. The first-order valence-electron chi connectivity index (χ1n) is 9.13. The lowest BCUT2D eigenvalue weighted by atomic mass is 10.1. The Morgan fingerprint density at radius 1 is 0.839 bits per heavy atom. The summed E-state index contributed by atoms with van der Waals surface area (Å²) >= 11 is 6.51. The number of amides is 1. The van der Waals surface area contributed by atoms with E-state index < -0.39 is 17.6 Å². The van der Waals surface area contributed by atoms with Crippen molar-refractivity contribution < 1.29 is 18.0 Å². The number of thioether (sulfide) groups is 1. The van der Waals surface area contributed by atoms with Gasteiger partial charge in [-0.05, 0) is 54.7 Å². The largest absolute Gasteiger partial charge is 0.418 e. The van der Waals surface area contributed by atoms with Crippen molar-refractivity contribution in [2.45, 2.75) is 11.1 Å². The monoisotopic (exact) mass is 461 g/mol. The fourth-order valence-electron chi connectivity index (χ4n) is 2.65. The lowest BCUT2D eigenvalue weighted by Gasteiger charge is -2.13. The van der Waals surface area contributed by atoms with E-state index in [-0.39, 0.29) is 11.4 Å². The molecule has 0 saturated carbocycles. The number of carbonyl (C=O) groups is 1. The summed E-state index contributed by atoms with van der Waals surface area (Å²) in [6, 6.07) is 21.6. The fraction of sp³-hybridized carbons (Fsp3) is 0.0909. The number of hydrogen-bond acceptors (Lipinski definition) is 3. The van der Waals surface area contributed by atoms with Gasteiger partial charge in [-0.3, -0.25) is 4.79 Å². The average Bonchev–Trinajstić information content (AvgIpc) is 2.73. The summed E-state index contributed by atoms with van der Waals surface area (Å²) in [4.78, 5) is 13.0. The third-order valence-electron chi connectivity index (χ3n) is 4.00. The fourth-order valence-corrected chi connectivity index (χ4v) is 3.64. The summed E-state index contributed by atoms with van der Waals surface area (Å²) in [5.74, 6) is -0.566. The van der Waals surface area contributed by atoms with Gasteiger partial charge in [-0.2, -0.15) is 13.2 Å². The van der Waals surface area contributed by atoms with Gasteiger partial charge in [0, 0.05) is 16.3 Å². The average molecular weight is 462 g/mol.